The normalized spacial score (nSPS) is 19.3. The summed E-state index contributed by atoms with van der Waals surface area (Å²) < 4.78 is 36.5. The molecule has 0 spiro atoms. The molecule has 0 aromatic heterocycles. The quantitative estimate of drug-likeness (QED) is 0.586. The highest BCUT2D eigenvalue weighted by Gasteiger charge is 2.30. The van der Waals surface area contributed by atoms with Crippen molar-refractivity contribution in [2.75, 3.05) is 30.5 Å². The lowest BCUT2D eigenvalue weighted by molar-refractivity contribution is -0.120. The van der Waals surface area contributed by atoms with Crippen LogP contribution >= 0.6 is 0 Å². The van der Waals surface area contributed by atoms with Crippen molar-refractivity contribution in [3.05, 3.63) is 29.8 Å². The van der Waals surface area contributed by atoms with Gasteiger partial charge in [-0.2, -0.15) is 0 Å². The summed E-state index contributed by atoms with van der Waals surface area (Å²) >= 11 is 0. The maximum absolute atomic E-state index is 11.9. The van der Waals surface area contributed by atoms with Crippen molar-refractivity contribution >= 4 is 26.8 Å². The van der Waals surface area contributed by atoms with Crippen molar-refractivity contribution in [1.82, 2.24) is 0 Å². The maximum atomic E-state index is 11.9. The topological polar surface area (TPSA) is 83.5 Å². The molecule has 0 N–H and O–H groups in total. The fourth-order valence-corrected chi connectivity index (χ4v) is 5.28. The average Bonchev–Trinajstić information content (AvgIpc) is 3.10. The molecule has 2 aliphatic rings. The van der Waals surface area contributed by atoms with E-state index >= 15 is 0 Å². The van der Waals surface area contributed by atoms with E-state index in [1.807, 2.05) is 6.92 Å². The van der Waals surface area contributed by atoms with Gasteiger partial charge in [-0.3, -0.25) is 4.79 Å². The molecule has 5 nitrogen and oxygen atoms in total. The molecule has 2 fully saturated rings. The summed E-state index contributed by atoms with van der Waals surface area (Å²) in [5.74, 6) is 4.07. The average molecular weight is 387 g/mol. The first kappa shape index (κ1) is 20.4. The molecule has 1 saturated carbocycles. The molecule has 25 heavy (non-hydrogen) atoms. The molecule has 1 heterocycles. The van der Waals surface area contributed by atoms with Crippen molar-refractivity contribution < 1.29 is 22.5 Å². The van der Waals surface area contributed by atoms with Crippen LogP contribution in [0.25, 0.3) is 0 Å². The van der Waals surface area contributed by atoms with Crippen LogP contribution in [0.2, 0.25) is 0 Å². The minimum atomic E-state index is -4.27. The van der Waals surface area contributed by atoms with Gasteiger partial charge in [0.2, 0.25) is 0 Å². The molecular weight excluding hydrogens is 360 g/mol. The van der Waals surface area contributed by atoms with Crippen LogP contribution in [-0.2, 0) is 30.5 Å². The number of carbonyl (C=O) groups is 1. The minimum absolute atomic E-state index is 0.178. The van der Waals surface area contributed by atoms with Crippen LogP contribution in [0.15, 0.2) is 29.2 Å². The van der Waals surface area contributed by atoms with Gasteiger partial charge in [0.15, 0.2) is 11.5 Å². The lowest BCUT2D eigenvalue weighted by Gasteiger charge is -2.15. The van der Waals surface area contributed by atoms with Crippen LogP contribution < -0.4 is 0 Å². The Hall–Kier alpha value is -0.890. The highest BCUT2D eigenvalue weighted by Crippen LogP contribution is 2.26. The fraction of sp³-hybridized carbons (Fsp3) is 0.611. The van der Waals surface area contributed by atoms with Crippen molar-refractivity contribution in [2.45, 2.75) is 37.5 Å². The Balaban J connectivity index is 0.000000186. The van der Waals surface area contributed by atoms with Crippen LogP contribution in [-0.4, -0.2) is 49.2 Å². The highest BCUT2D eigenvalue weighted by molar-refractivity contribution is 7.97. The molecule has 7 heteroatoms. The summed E-state index contributed by atoms with van der Waals surface area (Å²) in [6, 6.07) is 5.78. The maximum Gasteiger partial charge on any atom is 0.184 e. The van der Waals surface area contributed by atoms with Gasteiger partial charge in [0.25, 0.3) is 0 Å². The van der Waals surface area contributed by atoms with Gasteiger partial charge in [-0.15, -0.1) is 0 Å². The summed E-state index contributed by atoms with van der Waals surface area (Å²) in [4.78, 5) is 11.7. The number of aryl methyl sites for hydroxylation is 1. The highest BCUT2D eigenvalue weighted by atomic mass is 32.2. The molecule has 0 amide bonds. The van der Waals surface area contributed by atoms with Crippen LogP contribution in [0.1, 0.15) is 31.2 Å². The van der Waals surface area contributed by atoms with Gasteiger partial charge in [0.05, 0.1) is 18.1 Å². The number of hydrogen-bond donors (Lipinski definition) is 0. The first-order valence-electron chi connectivity index (χ1n) is 8.63. The lowest BCUT2D eigenvalue weighted by Crippen LogP contribution is -2.33. The number of hydrogen-bond acceptors (Lipinski definition) is 5. The number of carbonyl (C=O) groups excluding carboxylic acids is 1. The molecular formula is C18H26O5S2. The SMILES string of the molecule is Cc1ccc(S(=O)(=O)[O-])cc1.O=C(C[S+]1CCOCC1)C1CCCC1. The van der Waals surface area contributed by atoms with E-state index in [0.717, 1.165) is 48.9 Å². The summed E-state index contributed by atoms with van der Waals surface area (Å²) in [5.41, 5.74) is 0.928. The Morgan fingerprint density at radius 1 is 1.16 bits per heavy atom. The molecule has 0 bridgehead atoms. The zero-order valence-corrected chi connectivity index (χ0v) is 16.2. The molecule has 1 aromatic rings. The number of rotatable bonds is 4. The van der Waals surface area contributed by atoms with E-state index < -0.39 is 10.1 Å². The second-order valence-corrected chi connectivity index (χ2v) is 10.2. The van der Waals surface area contributed by atoms with Crippen molar-refractivity contribution in [1.29, 1.82) is 0 Å². The third kappa shape index (κ3) is 7.09. The molecule has 0 radical (unpaired) electrons. The molecule has 1 aliphatic heterocycles. The van der Waals surface area contributed by atoms with Crippen molar-refractivity contribution in [2.24, 2.45) is 5.92 Å². The van der Waals surface area contributed by atoms with E-state index in [4.69, 9.17) is 4.74 Å². The van der Waals surface area contributed by atoms with Gasteiger partial charge < -0.3 is 9.29 Å². The van der Waals surface area contributed by atoms with Gasteiger partial charge in [-0.05, 0) is 42.8 Å². The Kier molecular flexibility index (Phi) is 7.93. The molecule has 1 saturated heterocycles. The minimum Gasteiger partial charge on any atom is -0.744 e. The molecule has 140 valence electrons. The fourth-order valence-electron chi connectivity index (χ4n) is 2.97. The first-order valence-corrected chi connectivity index (χ1v) is 11.8. The van der Waals surface area contributed by atoms with E-state index in [0.29, 0.717) is 22.6 Å². The molecule has 3 rings (SSSR count). The summed E-state index contributed by atoms with van der Waals surface area (Å²) in [6.07, 6.45) is 4.86. The first-order chi connectivity index (χ1) is 11.9. The molecule has 1 aromatic carbocycles. The summed E-state index contributed by atoms with van der Waals surface area (Å²) in [7, 11) is -3.91. The van der Waals surface area contributed by atoms with Crippen LogP contribution in [0, 0.1) is 12.8 Å². The molecule has 0 atom stereocenters. The van der Waals surface area contributed by atoms with E-state index in [9.17, 15) is 17.8 Å². The van der Waals surface area contributed by atoms with Gasteiger partial charge >= 0.3 is 0 Å². The van der Waals surface area contributed by atoms with E-state index in [1.165, 1.54) is 25.0 Å². The number of ether oxygens (including phenoxy) is 1. The van der Waals surface area contributed by atoms with Gasteiger partial charge in [-0.25, -0.2) is 8.42 Å². The third-order valence-corrected chi connectivity index (χ3v) is 7.53. The smallest absolute Gasteiger partial charge is 0.184 e. The predicted octanol–water partition coefficient (Wildman–Crippen LogP) is 2.29. The van der Waals surface area contributed by atoms with E-state index in [2.05, 4.69) is 0 Å². The number of benzene rings is 1. The summed E-state index contributed by atoms with van der Waals surface area (Å²) in [5, 5.41) is 0. The van der Waals surface area contributed by atoms with Gasteiger partial charge in [0.1, 0.15) is 21.6 Å². The van der Waals surface area contributed by atoms with Crippen LogP contribution in [0.4, 0.5) is 0 Å². The Bertz CT molecular complexity index is 643. The number of ketones is 1. The second kappa shape index (κ2) is 9.71. The van der Waals surface area contributed by atoms with E-state index in [-0.39, 0.29) is 4.90 Å². The monoisotopic (exact) mass is 386 g/mol. The van der Waals surface area contributed by atoms with Crippen LogP contribution in [0.5, 0.6) is 0 Å². The van der Waals surface area contributed by atoms with E-state index in [1.54, 1.807) is 12.1 Å². The second-order valence-electron chi connectivity index (χ2n) is 6.49. The van der Waals surface area contributed by atoms with Crippen LogP contribution in [0.3, 0.4) is 0 Å². The summed E-state index contributed by atoms with van der Waals surface area (Å²) in [6.45, 7) is 3.57. The largest absolute Gasteiger partial charge is 0.744 e. The third-order valence-electron chi connectivity index (χ3n) is 4.50. The standard InChI is InChI=1S/C11H19O2S.C7H8O3S/c12-11(10-3-1-2-4-10)9-14-7-5-13-6-8-14;1-6-2-4-7(5-3-6)11(8,9)10/h10H,1-9H2;2-5H,1H3,(H,8,9,10)/q+1;/p-1. The zero-order chi connectivity index (χ0) is 18.3. The van der Waals surface area contributed by atoms with Gasteiger partial charge in [-0.1, -0.05) is 30.5 Å². The Labute approximate surface area is 153 Å². The predicted molar refractivity (Wildman–Crippen MR) is 98.9 cm³/mol. The van der Waals surface area contributed by atoms with Crippen molar-refractivity contribution in [3.8, 4) is 0 Å². The van der Waals surface area contributed by atoms with Crippen molar-refractivity contribution in [3.63, 3.8) is 0 Å². The Morgan fingerprint density at radius 2 is 1.72 bits per heavy atom. The van der Waals surface area contributed by atoms with Gasteiger partial charge in [0, 0.05) is 5.92 Å². The lowest BCUT2D eigenvalue weighted by atomic mass is 10.0. The Morgan fingerprint density at radius 3 is 2.24 bits per heavy atom. The molecule has 1 aliphatic carbocycles. The number of Topliss-reactive ketones (excluding diaryl/α,β-unsaturated/α-hetero) is 1. The zero-order valence-electron chi connectivity index (χ0n) is 14.6. The molecule has 0 unspecified atom stereocenters.